The quantitative estimate of drug-likeness (QED) is 0.864. The van der Waals surface area contributed by atoms with Crippen molar-refractivity contribution in [2.45, 2.75) is 13.3 Å². The minimum atomic E-state index is -0.343. The van der Waals surface area contributed by atoms with Crippen LogP contribution in [0.15, 0.2) is 28.7 Å². The molecule has 6 nitrogen and oxygen atoms in total. The van der Waals surface area contributed by atoms with Gasteiger partial charge >= 0.3 is 6.01 Å². The van der Waals surface area contributed by atoms with E-state index in [0.29, 0.717) is 50.1 Å². The number of rotatable bonds is 3. The summed E-state index contributed by atoms with van der Waals surface area (Å²) in [5, 5.41) is 7.96. The monoisotopic (exact) mass is 304 g/mol. The number of aromatic nitrogens is 2. The first kappa shape index (κ1) is 14.5. The molecule has 1 aromatic heterocycles. The third kappa shape index (κ3) is 2.93. The van der Waals surface area contributed by atoms with Gasteiger partial charge in [-0.3, -0.25) is 4.79 Å². The first-order chi connectivity index (χ1) is 10.7. The summed E-state index contributed by atoms with van der Waals surface area (Å²) < 4.78 is 18.4. The number of amides is 1. The third-order valence-electron chi connectivity index (χ3n) is 3.69. The highest BCUT2D eigenvalue weighted by molar-refractivity contribution is 5.94. The molecule has 0 bridgehead atoms. The Bertz CT molecular complexity index is 648. The van der Waals surface area contributed by atoms with Gasteiger partial charge in [-0.15, -0.1) is 5.10 Å². The number of carbonyl (C=O) groups excluding carboxylic acids is 1. The van der Waals surface area contributed by atoms with Crippen LogP contribution in [0.2, 0.25) is 0 Å². The van der Waals surface area contributed by atoms with Crippen LogP contribution in [0, 0.1) is 5.82 Å². The lowest BCUT2D eigenvalue weighted by Crippen LogP contribution is -2.48. The maximum atomic E-state index is 12.9. The Kier molecular flexibility index (Phi) is 4.04. The molecule has 0 saturated carbocycles. The molecule has 116 valence electrons. The number of anilines is 1. The minimum Gasteiger partial charge on any atom is -0.408 e. The number of aryl methyl sites for hydroxylation is 1. The highest BCUT2D eigenvalue weighted by atomic mass is 19.1. The molecule has 3 rings (SSSR count). The fraction of sp³-hybridized carbons (Fsp3) is 0.400. The van der Waals surface area contributed by atoms with Crippen LogP contribution < -0.4 is 4.90 Å². The standard InChI is InChI=1S/C15H17FN4O2/c1-2-13-17-18-15(22-13)20-9-7-19(8-10-20)14(21)11-3-5-12(16)6-4-11/h3-6H,2,7-10H2,1H3. The fourth-order valence-electron chi connectivity index (χ4n) is 2.39. The molecule has 2 aromatic rings. The van der Waals surface area contributed by atoms with Crippen LogP contribution in [-0.2, 0) is 6.42 Å². The van der Waals surface area contributed by atoms with Gasteiger partial charge < -0.3 is 14.2 Å². The first-order valence-electron chi connectivity index (χ1n) is 7.29. The summed E-state index contributed by atoms with van der Waals surface area (Å²) in [5.41, 5.74) is 0.501. The number of hydrogen-bond donors (Lipinski definition) is 0. The molecule has 1 aliphatic heterocycles. The Labute approximate surface area is 127 Å². The van der Waals surface area contributed by atoms with Gasteiger partial charge in [0.1, 0.15) is 5.82 Å². The zero-order chi connectivity index (χ0) is 15.5. The molecule has 7 heteroatoms. The second-order valence-electron chi connectivity index (χ2n) is 5.12. The molecule has 1 amide bonds. The van der Waals surface area contributed by atoms with Gasteiger partial charge in [-0.1, -0.05) is 12.0 Å². The van der Waals surface area contributed by atoms with Crippen LogP contribution in [0.1, 0.15) is 23.2 Å². The molecular formula is C15H17FN4O2. The molecular weight excluding hydrogens is 287 g/mol. The number of benzene rings is 1. The van der Waals surface area contributed by atoms with Gasteiger partial charge in [-0.05, 0) is 24.3 Å². The lowest BCUT2D eigenvalue weighted by Gasteiger charge is -2.33. The number of halogens is 1. The highest BCUT2D eigenvalue weighted by Gasteiger charge is 2.24. The molecule has 0 unspecified atom stereocenters. The van der Waals surface area contributed by atoms with Gasteiger partial charge in [0, 0.05) is 38.2 Å². The average molecular weight is 304 g/mol. The van der Waals surface area contributed by atoms with Crippen LogP contribution in [-0.4, -0.2) is 47.2 Å². The van der Waals surface area contributed by atoms with Crippen molar-refractivity contribution in [3.63, 3.8) is 0 Å². The van der Waals surface area contributed by atoms with E-state index in [4.69, 9.17) is 4.42 Å². The van der Waals surface area contributed by atoms with Crippen molar-refractivity contribution in [3.05, 3.63) is 41.5 Å². The Balaban J connectivity index is 1.61. The summed E-state index contributed by atoms with van der Waals surface area (Å²) in [7, 11) is 0. The van der Waals surface area contributed by atoms with Crippen molar-refractivity contribution in [3.8, 4) is 0 Å². The fourth-order valence-corrected chi connectivity index (χ4v) is 2.39. The zero-order valence-corrected chi connectivity index (χ0v) is 12.3. The first-order valence-corrected chi connectivity index (χ1v) is 7.29. The second-order valence-corrected chi connectivity index (χ2v) is 5.12. The van der Waals surface area contributed by atoms with Crippen molar-refractivity contribution >= 4 is 11.9 Å². The largest absolute Gasteiger partial charge is 0.408 e. The van der Waals surface area contributed by atoms with Crippen LogP contribution in [0.4, 0.5) is 10.4 Å². The molecule has 0 spiro atoms. The van der Waals surface area contributed by atoms with Crippen molar-refractivity contribution in [1.29, 1.82) is 0 Å². The summed E-state index contributed by atoms with van der Waals surface area (Å²) >= 11 is 0. The maximum Gasteiger partial charge on any atom is 0.318 e. The molecule has 1 aliphatic rings. The van der Waals surface area contributed by atoms with Crippen molar-refractivity contribution in [2.24, 2.45) is 0 Å². The van der Waals surface area contributed by atoms with E-state index in [1.165, 1.54) is 24.3 Å². The second kappa shape index (κ2) is 6.13. The Morgan fingerprint density at radius 2 is 1.86 bits per heavy atom. The lowest BCUT2D eigenvalue weighted by atomic mass is 10.2. The van der Waals surface area contributed by atoms with Gasteiger partial charge in [0.15, 0.2) is 0 Å². The smallest absolute Gasteiger partial charge is 0.318 e. The molecule has 22 heavy (non-hydrogen) atoms. The number of piperazine rings is 1. The topological polar surface area (TPSA) is 62.5 Å². The van der Waals surface area contributed by atoms with Gasteiger partial charge in [0.25, 0.3) is 5.91 Å². The van der Waals surface area contributed by atoms with Crippen molar-refractivity contribution in [1.82, 2.24) is 15.1 Å². The normalized spacial score (nSPS) is 15.2. The number of carbonyl (C=O) groups is 1. The van der Waals surface area contributed by atoms with E-state index >= 15 is 0 Å². The molecule has 0 atom stereocenters. The molecule has 0 aliphatic carbocycles. The van der Waals surface area contributed by atoms with Crippen LogP contribution in [0.5, 0.6) is 0 Å². The SMILES string of the molecule is CCc1nnc(N2CCN(C(=O)c3ccc(F)cc3)CC2)o1. The Morgan fingerprint density at radius 3 is 2.45 bits per heavy atom. The summed E-state index contributed by atoms with van der Waals surface area (Å²) in [5.74, 6) is 0.184. The highest BCUT2D eigenvalue weighted by Crippen LogP contribution is 2.16. The van der Waals surface area contributed by atoms with E-state index in [2.05, 4.69) is 10.2 Å². The molecule has 1 fully saturated rings. The molecule has 1 aromatic carbocycles. The third-order valence-corrected chi connectivity index (χ3v) is 3.69. The van der Waals surface area contributed by atoms with E-state index < -0.39 is 0 Å². The number of hydrogen-bond acceptors (Lipinski definition) is 5. The molecule has 2 heterocycles. The van der Waals surface area contributed by atoms with Crippen LogP contribution >= 0.6 is 0 Å². The predicted octanol–water partition coefficient (Wildman–Crippen LogP) is 1.73. The van der Waals surface area contributed by atoms with Crippen LogP contribution in [0.3, 0.4) is 0 Å². The summed E-state index contributed by atoms with van der Waals surface area (Å²) in [6.07, 6.45) is 0.704. The molecule has 0 N–H and O–H groups in total. The summed E-state index contributed by atoms with van der Waals surface area (Å²) in [4.78, 5) is 16.1. The Morgan fingerprint density at radius 1 is 1.18 bits per heavy atom. The van der Waals surface area contributed by atoms with E-state index in [-0.39, 0.29) is 11.7 Å². The minimum absolute atomic E-state index is 0.0839. The van der Waals surface area contributed by atoms with Crippen molar-refractivity contribution < 1.29 is 13.6 Å². The zero-order valence-electron chi connectivity index (χ0n) is 12.3. The van der Waals surface area contributed by atoms with Gasteiger partial charge in [-0.2, -0.15) is 0 Å². The van der Waals surface area contributed by atoms with Crippen molar-refractivity contribution in [2.75, 3.05) is 31.1 Å². The lowest BCUT2D eigenvalue weighted by molar-refractivity contribution is 0.0745. The predicted molar refractivity (Wildman–Crippen MR) is 78.2 cm³/mol. The van der Waals surface area contributed by atoms with E-state index in [0.717, 1.165) is 0 Å². The average Bonchev–Trinajstić information content (AvgIpc) is 3.04. The van der Waals surface area contributed by atoms with Gasteiger partial charge in [-0.25, -0.2) is 4.39 Å². The Hall–Kier alpha value is -2.44. The van der Waals surface area contributed by atoms with E-state index in [1.54, 1.807) is 4.90 Å². The summed E-state index contributed by atoms with van der Waals surface area (Å²) in [6, 6.07) is 6.12. The maximum absolute atomic E-state index is 12.9. The van der Waals surface area contributed by atoms with E-state index in [9.17, 15) is 9.18 Å². The molecule has 1 saturated heterocycles. The number of nitrogens with zero attached hydrogens (tertiary/aromatic N) is 4. The molecule has 0 radical (unpaired) electrons. The van der Waals surface area contributed by atoms with E-state index in [1.807, 2.05) is 11.8 Å². The van der Waals surface area contributed by atoms with Gasteiger partial charge in [0.2, 0.25) is 5.89 Å². The summed E-state index contributed by atoms with van der Waals surface area (Å²) in [6.45, 7) is 4.37. The van der Waals surface area contributed by atoms with Gasteiger partial charge in [0.05, 0.1) is 0 Å². The van der Waals surface area contributed by atoms with Crippen LogP contribution in [0.25, 0.3) is 0 Å².